The molecule has 0 aliphatic carbocycles. The van der Waals surface area contributed by atoms with Crippen molar-refractivity contribution in [3.8, 4) is 0 Å². The SMILES string of the molecule is CC[C@H](C(=O)NC(C)(C)C)N(Cc1ccc(C)cc1)C(=O)CN(c1ccccc1F)S(C)(=O)=O. The summed E-state index contributed by atoms with van der Waals surface area (Å²) in [5, 5.41) is 2.90. The Balaban J connectivity index is 2.46. The molecule has 1 atom stereocenters. The molecule has 0 unspecified atom stereocenters. The maximum Gasteiger partial charge on any atom is 0.244 e. The average Bonchev–Trinajstić information content (AvgIpc) is 2.71. The van der Waals surface area contributed by atoms with E-state index < -0.39 is 39.9 Å². The number of hydrogen-bond donors (Lipinski definition) is 1. The summed E-state index contributed by atoms with van der Waals surface area (Å²) < 4.78 is 40.2. The first kappa shape index (κ1) is 27.3. The molecule has 2 aromatic carbocycles. The van der Waals surface area contributed by atoms with E-state index in [0.29, 0.717) is 6.42 Å². The topological polar surface area (TPSA) is 86.8 Å². The van der Waals surface area contributed by atoms with Crippen LogP contribution in [-0.2, 0) is 26.2 Å². The predicted octanol–water partition coefficient (Wildman–Crippen LogP) is 3.62. The first-order valence-electron chi connectivity index (χ1n) is 11.1. The second-order valence-electron chi connectivity index (χ2n) is 9.39. The fourth-order valence-corrected chi connectivity index (χ4v) is 4.36. The highest BCUT2D eigenvalue weighted by atomic mass is 32.2. The molecule has 0 aromatic heterocycles. The van der Waals surface area contributed by atoms with Crippen LogP contribution in [0.15, 0.2) is 48.5 Å². The van der Waals surface area contributed by atoms with Gasteiger partial charge in [0.15, 0.2) is 0 Å². The van der Waals surface area contributed by atoms with Crippen LogP contribution < -0.4 is 9.62 Å². The van der Waals surface area contributed by atoms with Crippen molar-refractivity contribution in [1.82, 2.24) is 10.2 Å². The zero-order valence-corrected chi connectivity index (χ0v) is 21.4. The Labute approximate surface area is 202 Å². The van der Waals surface area contributed by atoms with Gasteiger partial charge in [0.1, 0.15) is 18.4 Å². The molecule has 186 valence electrons. The van der Waals surface area contributed by atoms with Gasteiger partial charge in [-0.3, -0.25) is 13.9 Å². The van der Waals surface area contributed by atoms with E-state index in [1.807, 2.05) is 52.0 Å². The summed E-state index contributed by atoms with van der Waals surface area (Å²) in [5.74, 6) is -1.71. The van der Waals surface area contributed by atoms with Crippen LogP contribution >= 0.6 is 0 Å². The molecule has 1 N–H and O–H groups in total. The molecule has 0 radical (unpaired) electrons. The molecule has 7 nitrogen and oxygen atoms in total. The van der Waals surface area contributed by atoms with E-state index in [9.17, 15) is 22.4 Å². The second kappa shape index (κ2) is 11.0. The van der Waals surface area contributed by atoms with E-state index >= 15 is 0 Å². The summed E-state index contributed by atoms with van der Waals surface area (Å²) >= 11 is 0. The van der Waals surface area contributed by atoms with Crippen LogP contribution in [0, 0.1) is 12.7 Å². The lowest BCUT2D eigenvalue weighted by molar-refractivity contribution is -0.141. The first-order valence-corrected chi connectivity index (χ1v) is 13.0. The fourth-order valence-electron chi connectivity index (χ4n) is 3.51. The highest BCUT2D eigenvalue weighted by Crippen LogP contribution is 2.23. The van der Waals surface area contributed by atoms with Gasteiger partial charge in [0.2, 0.25) is 21.8 Å². The number of carbonyl (C=O) groups is 2. The lowest BCUT2D eigenvalue weighted by atomic mass is 10.1. The van der Waals surface area contributed by atoms with E-state index in [-0.39, 0.29) is 18.1 Å². The number of carbonyl (C=O) groups excluding carboxylic acids is 2. The smallest absolute Gasteiger partial charge is 0.244 e. The van der Waals surface area contributed by atoms with Crippen LogP contribution in [-0.4, -0.2) is 49.5 Å². The molecule has 34 heavy (non-hydrogen) atoms. The summed E-state index contributed by atoms with van der Waals surface area (Å²) in [6.45, 7) is 8.72. The van der Waals surface area contributed by atoms with Gasteiger partial charge in [-0.15, -0.1) is 0 Å². The van der Waals surface area contributed by atoms with Crippen LogP contribution in [0.5, 0.6) is 0 Å². The number of nitrogens with one attached hydrogen (secondary N) is 1. The van der Waals surface area contributed by atoms with E-state index in [1.165, 1.54) is 23.1 Å². The van der Waals surface area contributed by atoms with Crippen LogP contribution in [0.3, 0.4) is 0 Å². The van der Waals surface area contributed by atoms with Gasteiger partial charge in [-0.25, -0.2) is 12.8 Å². The van der Waals surface area contributed by atoms with Gasteiger partial charge in [-0.1, -0.05) is 48.9 Å². The molecule has 2 amide bonds. The molecule has 2 aromatic rings. The Kier molecular flexibility index (Phi) is 8.83. The molecule has 0 bridgehead atoms. The second-order valence-corrected chi connectivity index (χ2v) is 11.3. The molecular formula is C25H34FN3O4S. The van der Waals surface area contributed by atoms with E-state index in [2.05, 4.69) is 5.32 Å². The van der Waals surface area contributed by atoms with Gasteiger partial charge in [0.05, 0.1) is 11.9 Å². The van der Waals surface area contributed by atoms with Crippen molar-refractivity contribution in [1.29, 1.82) is 0 Å². The minimum absolute atomic E-state index is 0.101. The molecule has 0 saturated carbocycles. The summed E-state index contributed by atoms with van der Waals surface area (Å²) in [5.41, 5.74) is 1.09. The summed E-state index contributed by atoms with van der Waals surface area (Å²) in [4.78, 5) is 28.0. The number of halogens is 1. The largest absolute Gasteiger partial charge is 0.350 e. The van der Waals surface area contributed by atoms with Crippen molar-refractivity contribution in [2.75, 3.05) is 17.1 Å². The third-order valence-electron chi connectivity index (χ3n) is 5.16. The normalized spacial score (nSPS) is 12.7. The Morgan fingerprint density at radius 3 is 2.15 bits per heavy atom. The predicted molar refractivity (Wildman–Crippen MR) is 132 cm³/mol. The molecule has 0 heterocycles. The molecule has 2 rings (SSSR count). The standard InChI is InChI=1S/C25H34FN3O4S/c1-7-21(24(31)27-25(3,4)5)28(16-19-14-12-18(2)13-15-19)23(30)17-29(34(6,32)33)22-11-9-8-10-20(22)26/h8-15,21H,7,16-17H2,1-6H3,(H,27,31)/t21-/m1/s1. The number of para-hydroxylation sites is 1. The minimum Gasteiger partial charge on any atom is -0.350 e. The Hall–Kier alpha value is -2.94. The number of hydrogen-bond acceptors (Lipinski definition) is 4. The number of benzene rings is 2. The van der Waals surface area contributed by atoms with Crippen molar-refractivity contribution in [2.45, 2.75) is 59.2 Å². The van der Waals surface area contributed by atoms with Crippen molar-refractivity contribution >= 4 is 27.5 Å². The molecule has 9 heteroatoms. The van der Waals surface area contributed by atoms with Crippen molar-refractivity contribution in [3.63, 3.8) is 0 Å². The molecular weight excluding hydrogens is 457 g/mol. The van der Waals surface area contributed by atoms with Crippen LogP contribution in [0.25, 0.3) is 0 Å². The number of rotatable bonds is 9. The number of nitrogens with zero attached hydrogens (tertiary/aromatic N) is 2. The Morgan fingerprint density at radius 1 is 1.06 bits per heavy atom. The highest BCUT2D eigenvalue weighted by molar-refractivity contribution is 7.92. The van der Waals surface area contributed by atoms with Gasteiger partial charge in [0, 0.05) is 12.1 Å². The van der Waals surface area contributed by atoms with Gasteiger partial charge >= 0.3 is 0 Å². The van der Waals surface area contributed by atoms with Crippen molar-refractivity contribution in [2.24, 2.45) is 0 Å². The minimum atomic E-state index is -3.98. The molecule has 0 spiro atoms. The van der Waals surface area contributed by atoms with Crippen LogP contribution in [0.4, 0.5) is 10.1 Å². The lowest BCUT2D eigenvalue weighted by Gasteiger charge is -2.34. The summed E-state index contributed by atoms with van der Waals surface area (Å²) in [6.07, 6.45) is 1.23. The number of sulfonamides is 1. The van der Waals surface area contributed by atoms with Gasteiger partial charge in [0.25, 0.3) is 0 Å². The van der Waals surface area contributed by atoms with E-state index in [1.54, 1.807) is 6.92 Å². The summed E-state index contributed by atoms with van der Waals surface area (Å²) in [6, 6.07) is 12.0. The quantitative estimate of drug-likeness (QED) is 0.581. The average molecular weight is 492 g/mol. The van der Waals surface area contributed by atoms with Crippen molar-refractivity contribution in [3.05, 3.63) is 65.5 Å². The zero-order chi connectivity index (χ0) is 25.7. The zero-order valence-electron chi connectivity index (χ0n) is 20.6. The van der Waals surface area contributed by atoms with Crippen LogP contribution in [0.1, 0.15) is 45.2 Å². The summed E-state index contributed by atoms with van der Waals surface area (Å²) in [7, 11) is -3.98. The Morgan fingerprint density at radius 2 is 1.65 bits per heavy atom. The molecule has 0 fully saturated rings. The number of amides is 2. The van der Waals surface area contributed by atoms with E-state index in [0.717, 1.165) is 27.8 Å². The highest BCUT2D eigenvalue weighted by Gasteiger charge is 2.33. The van der Waals surface area contributed by atoms with Gasteiger partial charge in [-0.05, 0) is 51.8 Å². The Bertz CT molecular complexity index is 1110. The van der Waals surface area contributed by atoms with Gasteiger partial charge in [-0.2, -0.15) is 0 Å². The number of aryl methyl sites for hydroxylation is 1. The third-order valence-corrected chi connectivity index (χ3v) is 6.28. The maximum atomic E-state index is 14.4. The molecule has 0 aliphatic heterocycles. The van der Waals surface area contributed by atoms with E-state index in [4.69, 9.17) is 0 Å². The first-order chi connectivity index (χ1) is 15.7. The third kappa shape index (κ3) is 7.55. The fraction of sp³-hybridized carbons (Fsp3) is 0.440. The van der Waals surface area contributed by atoms with Crippen LogP contribution in [0.2, 0.25) is 0 Å². The molecule has 0 aliphatic rings. The monoisotopic (exact) mass is 491 g/mol. The maximum absolute atomic E-state index is 14.4. The van der Waals surface area contributed by atoms with Gasteiger partial charge < -0.3 is 10.2 Å². The molecule has 0 saturated heterocycles. The number of anilines is 1. The van der Waals surface area contributed by atoms with Crippen molar-refractivity contribution < 1.29 is 22.4 Å². The lowest BCUT2D eigenvalue weighted by Crippen LogP contribution is -2.55.